The van der Waals surface area contributed by atoms with Crippen LogP contribution in [0.15, 0.2) is 35.7 Å². The van der Waals surface area contributed by atoms with Crippen LogP contribution >= 0.6 is 11.8 Å². The topological polar surface area (TPSA) is 63.1 Å². The lowest BCUT2D eigenvalue weighted by Gasteiger charge is -2.33. The summed E-state index contributed by atoms with van der Waals surface area (Å²) in [6.07, 6.45) is 4.93. The van der Waals surface area contributed by atoms with Crippen LogP contribution in [0.3, 0.4) is 0 Å². The van der Waals surface area contributed by atoms with Gasteiger partial charge in [-0.25, -0.2) is 4.79 Å². The fraction of sp³-hybridized carbons (Fsp3) is 0.471. The quantitative estimate of drug-likeness (QED) is 0.668. The van der Waals surface area contributed by atoms with Gasteiger partial charge in [-0.05, 0) is 30.4 Å². The Morgan fingerprint density at radius 2 is 2.29 bits per heavy atom. The second-order valence-corrected chi connectivity index (χ2v) is 7.08. The van der Waals surface area contributed by atoms with Gasteiger partial charge in [0, 0.05) is 26.4 Å². The van der Waals surface area contributed by atoms with Crippen molar-refractivity contribution in [2.45, 2.75) is 30.5 Å². The van der Waals surface area contributed by atoms with Crippen molar-refractivity contribution in [3.8, 4) is 0 Å². The third kappa shape index (κ3) is 3.72. The molecule has 1 aromatic heterocycles. The van der Waals surface area contributed by atoms with Crippen molar-refractivity contribution in [2.75, 3.05) is 19.3 Å². The Morgan fingerprint density at radius 3 is 3.08 bits per heavy atom. The number of nitrogens with zero attached hydrogens (tertiary/aromatic N) is 4. The molecule has 1 aliphatic rings. The highest BCUT2D eigenvalue weighted by molar-refractivity contribution is 7.99. The highest BCUT2D eigenvalue weighted by Gasteiger charge is 2.26. The highest BCUT2D eigenvalue weighted by Crippen LogP contribution is 2.33. The number of carbonyl (C=O) groups is 1. The molecule has 1 heterocycles. The molecule has 0 aliphatic heterocycles. The molecule has 6 nitrogen and oxygen atoms in total. The molecule has 0 spiro atoms. The van der Waals surface area contributed by atoms with Gasteiger partial charge in [0.05, 0.1) is 6.04 Å². The number of amides is 2. The van der Waals surface area contributed by atoms with E-state index >= 15 is 0 Å². The first-order chi connectivity index (χ1) is 11.7. The summed E-state index contributed by atoms with van der Waals surface area (Å²) in [6, 6.07) is 8.60. The molecule has 0 radical (unpaired) electrons. The number of nitrogens with one attached hydrogen (secondary N) is 1. The van der Waals surface area contributed by atoms with Crippen LogP contribution < -0.4 is 5.32 Å². The fourth-order valence-corrected chi connectivity index (χ4v) is 3.84. The maximum Gasteiger partial charge on any atom is 0.317 e. The third-order valence-corrected chi connectivity index (χ3v) is 5.44. The first-order valence-electron chi connectivity index (χ1n) is 8.22. The highest BCUT2D eigenvalue weighted by atomic mass is 32.2. The largest absolute Gasteiger partial charge is 0.337 e. The van der Waals surface area contributed by atoms with E-state index in [9.17, 15) is 4.79 Å². The van der Waals surface area contributed by atoms with Crippen molar-refractivity contribution in [1.82, 2.24) is 25.0 Å². The summed E-state index contributed by atoms with van der Waals surface area (Å²) in [5.74, 6) is 0.771. The molecule has 128 valence electrons. The minimum Gasteiger partial charge on any atom is -0.337 e. The van der Waals surface area contributed by atoms with Crippen molar-refractivity contribution in [2.24, 2.45) is 7.05 Å². The fourth-order valence-electron chi connectivity index (χ4n) is 3.10. The first-order valence-corrected chi connectivity index (χ1v) is 9.20. The third-order valence-electron chi connectivity index (χ3n) is 4.40. The minimum absolute atomic E-state index is 0.0183. The Kier molecular flexibility index (Phi) is 5.40. The lowest BCUT2D eigenvalue weighted by molar-refractivity contribution is 0.184. The number of benzene rings is 1. The molecule has 1 N–H and O–H groups in total. The maximum absolute atomic E-state index is 12.5. The van der Waals surface area contributed by atoms with Gasteiger partial charge in [-0.1, -0.05) is 36.0 Å². The Bertz CT molecular complexity index is 702. The SMILES string of the molecule is CN(C(=O)NCCSc1nncn1C)C1CCCc2ccccc21. The van der Waals surface area contributed by atoms with Crippen LogP contribution in [-0.4, -0.2) is 45.0 Å². The van der Waals surface area contributed by atoms with E-state index in [2.05, 4.69) is 39.8 Å². The standard InChI is InChI=1S/C17H23N5OS/c1-21-12-19-20-17(21)24-11-10-18-16(23)22(2)15-9-5-7-13-6-3-4-8-14(13)15/h3-4,6,8,12,15H,5,7,9-11H2,1-2H3,(H,18,23). The summed E-state index contributed by atoms with van der Waals surface area (Å²) >= 11 is 1.59. The van der Waals surface area contributed by atoms with Crippen LogP contribution in [0.1, 0.15) is 30.0 Å². The van der Waals surface area contributed by atoms with Crippen molar-refractivity contribution >= 4 is 17.8 Å². The number of aromatic nitrogens is 3. The number of hydrogen-bond donors (Lipinski definition) is 1. The van der Waals surface area contributed by atoms with Gasteiger partial charge in [0.25, 0.3) is 0 Å². The summed E-state index contributed by atoms with van der Waals surface area (Å²) in [4.78, 5) is 14.3. The normalized spacial score (nSPS) is 16.5. The maximum atomic E-state index is 12.5. The number of thioether (sulfide) groups is 1. The smallest absolute Gasteiger partial charge is 0.317 e. The van der Waals surface area contributed by atoms with Gasteiger partial charge in [0.15, 0.2) is 5.16 Å². The zero-order valence-corrected chi connectivity index (χ0v) is 14.9. The molecule has 1 aromatic carbocycles. The average molecular weight is 345 g/mol. The van der Waals surface area contributed by atoms with Crippen LogP contribution in [0, 0.1) is 0 Å². The Hall–Kier alpha value is -2.02. The van der Waals surface area contributed by atoms with E-state index in [4.69, 9.17) is 0 Å². The molecule has 1 aliphatic carbocycles. The Balaban J connectivity index is 1.51. The molecule has 1 atom stereocenters. The summed E-state index contributed by atoms with van der Waals surface area (Å²) in [7, 11) is 3.80. The molecular weight excluding hydrogens is 322 g/mol. The van der Waals surface area contributed by atoms with Gasteiger partial charge in [0.1, 0.15) is 6.33 Å². The summed E-state index contributed by atoms with van der Waals surface area (Å²) < 4.78 is 1.87. The summed E-state index contributed by atoms with van der Waals surface area (Å²) in [5, 5.41) is 11.7. The minimum atomic E-state index is -0.0183. The lowest BCUT2D eigenvalue weighted by Crippen LogP contribution is -2.41. The molecule has 0 bridgehead atoms. The lowest BCUT2D eigenvalue weighted by atomic mass is 9.87. The second-order valence-electron chi connectivity index (χ2n) is 6.02. The van der Waals surface area contributed by atoms with E-state index in [0.717, 1.165) is 30.2 Å². The van der Waals surface area contributed by atoms with Crippen LogP contribution in [0.2, 0.25) is 0 Å². The van der Waals surface area contributed by atoms with Gasteiger partial charge in [-0.15, -0.1) is 10.2 Å². The molecule has 24 heavy (non-hydrogen) atoms. The zero-order valence-electron chi connectivity index (χ0n) is 14.1. The predicted molar refractivity (Wildman–Crippen MR) is 95.0 cm³/mol. The molecular formula is C17H23N5OS. The van der Waals surface area contributed by atoms with E-state index in [1.165, 1.54) is 11.1 Å². The predicted octanol–water partition coefficient (Wildman–Crippen LogP) is 2.63. The molecule has 0 saturated heterocycles. The second kappa shape index (κ2) is 7.70. The van der Waals surface area contributed by atoms with E-state index in [0.29, 0.717) is 6.54 Å². The van der Waals surface area contributed by atoms with E-state index in [1.807, 2.05) is 23.6 Å². The Morgan fingerprint density at radius 1 is 1.46 bits per heavy atom. The van der Waals surface area contributed by atoms with Gasteiger partial charge < -0.3 is 14.8 Å². The van der Waals surface area contributed by atoms with Crippen LogP contribution in [0.25, 0.3) is 0 Å². The molecule has 7 heteroatoms. The van der Waals surface area contributed by atoms with Gasteiger partial charge in [0.2, 0.25) is 0 Å². The van der Waals surface area contributed by atoms with Gasteiger partial charge in [-0.3, -0.25) is 0 Å². The molecule has 0 fully saturated rings. The first kappa shape index (κ1) is 16.8. The molecule has 0 saturated carbocycles. The number of aryl methyl sites for hydroxylation is 2. The Labute approximate surface area is 146 Å². The monoisotopic (exact) mass is 345 g/mol. The van der Waals surface area contributed by atoms with Crippen LogP contribution in [0.4, 0.5) is 4.79 Å². The zero-order chi connectivity index (χ0) is 16.9. The van der Waals surface area contributed by atoms with E-state index in [1.54, 1.807) is 18.1 Å². The molecule has 3 rings (SSSR count). The van der Waals surface area contributed by atoms with Crippen molar-refractivity contribution in [1.29, 1.82) is 0 Å². The number of fused-ring (bicyclic) bond motifs is 1. The molecule has 1 unspecified atom stereocenters. The number of urea groups is 1. The molecule has 2 amide bonds. The van der Waals surface area contributed by atoms with E-state index in [-0.39, 0.29) is 12.1 Å². The molecule has 2 aromatic rings. The summed E-state index contributed by atoms with van der Waals surface area (Å²) in [6.45, 7) is 0.606. The van der Waals surface area contributed by atoms with E-state index < -0.39 is 0 Å². The van der Waals surface area contributed by atoms with Crippen LogP contribution in [0.5, 0.6) is 0 Å². The van der Waals surface area contributed by atoms with Crippen LogP contribution in [-0.2, 0) is 13.5 Å². The number of rotatable bonds is 5. The van der Waals surface area contributed by atoms with Crippen molar-refractivity contribution in [3.05, 3.63) is 41.7 Å². The van der Waals surface area contributed by atoms with Gasteiger partial charge >= 0.3 is 6.03 Å². The number of hydrogen-bond acceptors (Lipinski definition) is 4. The number of carbonyl (C=O) groups excluding carboxylic acids is 1. The van der Waals surface area contributed by atoms with Gasteiger partial charge in [-0.2, -0.15) is 0 Å². The van der Waals surface area contributed by atoms with Crippen molar-refractivity contribution in [3.63, 3.8) is 0 Å². The average Bonchev–Trinajstić information content (AvgIpc) is 3.02. The van der Waals surface area contributed by atoms with Crippen molar-refractivity contribution < 1.29 is 4.79 Å². The summed E-state index contributed by atoms with van der Waals surface area (Å²) in [5.41, 5.74) is 2.65.